The molecule has 0 saturated heterocycles. The van der Waals surface area contributed by atoms with Crippen LogP contribution in [0.4, 0.5) is 4.39 Å². The fourth-order valence-electron chi connectivity index (χ4n) is 2.34. The van der Waals surface area contributed by atoms with Gasteiger partial charge in [-0.1, -0.05) is 6.07 Å². The number of halogens is 1. The van der Waals surface area contributed by atoms with E-state index in [1.807, 2.05) is 0 Å². The van der Waals surface area contributed by atoms with Crippen LogP contribution in [0.15, 0.2) is 18.2 Å². The molecule has 0 N–H and O–H groups in total. The van der Waals surface area contributed by atoms with Gasteiger partial charge in [0, 0.05) is 6.42 Å². The van der Waals surface area contributed by atoms with Gasteiger partial charge >= 0.3 is 0 Å². The summed E-state index contributed by atoms with van der Waals surface area (Å²) in [5.74, 6) is 0.0531. The van der Waals surface area contributed by atoms with Gasteiger partial charge in [-0.15, -0.1) is 0 Å². The van der Waals surface area contributed by atoms with Crippen molar-refractivity contribution in [1.29, 1.82) is 0 Å². The van der Waals surface area contributed by atoms with Crippen LogP contribution in [-0.2, 0) is 16.6 Å². The predicted molar refractivity (Wildman–Crippen MR) is 46.0 cm³/mol. The van der Waals surface area contributed by atoms with Gasteiger partial charge in [-0.25, -0.2) is 4.39 Å². The summed E-state index contributed by atoms with van der Waals surface area (Å²) in [7, 11) is 0. The molecule has 1 saturated carbocycles. The lowest BCUT2D eigenvalue weighted by atomic mass is 9.98. The Kier molecular flexibility index (Phi) is 1.12. The van der Waals surface area contributed by atoms with Crippen molar-refractivity contribution < 1.29 is 9.18 Å². The van der Waals surface area contributed by atoms with E-state index < -0.39 is 0 Å². The molecular weight excluding hydrogens is 167 g/mol. The Morgan fingerprint density at radius 1 is 1.31 bits per heavy atom. The molecule has 1 fully saturated rings. The van der Waals surface area contributed by atoms with Gasteiger partial charge in [0.25, 0.3) is 0 Å². The maximum Gasteiger partial charge on any atom is 0.147 e. The molecule has 1 aromatic carbocycles. The summed E-state index contributed by atoms with van der Waals surface area (Å²) < 4.78 is 12.8. The van der Waals surface area contributed by atoms with Crippen molar-refractivity contribution in [2.75, 3.05) is 0 Å². The smallest absolute Gasteiger partial charge is 0.147 e. The fraction of sp³-hybridized carbons (Fsp3) is 0.364. The van der Waals surface area contributed by atoms with Crippen LogP contribution in [0, 0.1) is 5.82 Å². The van der Waals surface area contributed by atoms with Crippen LogP contribution in [-0.4, -0.2) is 5.78 Å². The molecular formula is C11H9FO. The number of rotatable bonds is 0. The van der Waals surface area contributed by atoms with Crippen LogP contribution < -0.4 is 0 Å². The molecule has 13 heavy (non-hydrogen) atoms. The standard InChI is InChI=1S/C11H9FO/c12-8-1-2-9-7(5-8)6-10(13)11(9)3-4-11/h1-2,5H,3-4,6H2. The van der Waals surface area contributed by atoms with Crippen LogP contribution >= 0.6 is 0 Å². The first-order valence-electron chi connectivity index (χ1n) is 4.55. The number of benzene rings is 1. The summed E-state index contributed by atoms with van der Waals surface area (Å²) in [5, 5.41) is 0. The van der Waals surface area contributed by atoms with Crippen molar-refractivity contribution in [3.05, 3.63) is 35.1 Å². The van der Waals surface area contributed by atoms with Gasteiger partial charge in [-0.05, 0) is 36.1 Å². The van der Waals surface area contributed by atoms with E-state index in [0.29, 0.717) is 6.42 Å². The summed E-state index contributed by atoms with van der Waals surface area (Å²) in [4.78, 5) is 11.6. The van der Waals surface area contributed by atoms with Crippen molar-refractivity contribution in [1.82, 2.24) is 0 Å². The minimum Gasteiger partial charge on any atom is -0.298 e. The fourth-order valence-corrected chi connectivity index (χ4v) is 2.34. The van der Waals surface area contributed by atoms with Gasteiger partial charge in [-0.2, -0.15) is 0 Å². The lowest BCUT2D eigenvalue weighted by Gasteiger charge is -2.05. The van der Waals surface area contributed by atoms with Gasteiger partial charge in [0.15, 0.2) is 0 Å². The maximum absolute atomic E-state index is 12.8. The highest BCUT2D eigenvalue weighted by molar-refractivity contribution is 5.99. The summed E-state index contributed by atoms with van der Waals surface area (Å²) in [6, 6.07) is 4.74. The molecule has 66 valence electrons. The third-order valence-electron chi connectivity index (χ3n) is 3.22. The molecule has 0 unspecified atom stereocenters. The van der Waals surface area contributed by atoms with Crippen molar-refractivity contribution in [3.63, 3.8) is 0 Å². The van der Waals surface area contributed by atoms with E-state index in [-0.39, 0.29) is 17.0 Å². The lowest BCUT2D eigenvalue weighted by Crippen LogP contribution is -2.13. The normalized spacial score (nSPS) is 22.1. The van der Waals surface area contributed by atoms with Crippen LogP contribution in [0.25, 0.3) is 0 Å². The Bertz CT molecular complexity index is 405. The summed E-state index contributed by atoms with van der Waals surface area (Å²) in [6.07, 6.45) is 2.36. The Balaban J connectivity index is 2.22. The molecule has 2 heteroatoms. The number of Topliss-reactive ketones (excluding diaryl/α,β-unsaturated/α-hetero) is 1. The van der Waals surface area contributed by atoms with Crippen molar-refractivity contribution >= 4 is 5.78 Å². The third kappa shape index (κ3) is 0.781. The summed E-state index contributed by atoms with van der Waals surface area (Å²) in [6.45, 7) is 0. The summed E-state index contributed by atoms with van der Waals surface area (Å²) in [5.41, 5.74) is 1.81. The minimum absolute atomic E-state index is 0.178. The monoisotopic (exact) mass is 176 g/mol. The Hall–Kier alpha value is -1.18. The Morgan fingerprint density at radius 3 is 2.77 bits per heavy atom. The highest BCUT2D eigenvalue weighted by atomic mass is 19.1. The highest BCUT2D eigenvalue weighted by Gasteiger charge is 2.55. The number of hydrogen-bond donors (Lipinski definition) is 0. The van der Waals surface area contributed by atoms with Crippen molar-refractivity contribution in [2.24, 2.45) is 0 Å². The second kappa shape index (κ2) is 2.00. The van der Waals surface area contributed by atoms with E-state index in [1.54, 1.807) is 6.07 Å². The molecule has 2 aliphatic rings. The Labute approximate surface area is 75.6 Å². The molecule has 0 heterocycles. The first kappa shape index (κ1) is 7.25. The second-order valence-electron chi connectivity index (χ2n) is 3.98. The van der Waals surface area contributed by atoms with E-state index in [2.05, 4.69) is 0 Å². The zero-order valence-corrected chi connectivity index (χ0v) is 7.14. The zero-order valence-electron chi connectivity index (χ0n) is 7.14. The van der Waals surface area contributed by atoms with E-state index in [0.717, 1.165) is 24.0 Å². The van der Waals surface area contributed by atoms with Gasteiger partial charge in [0.2, 0.25) is 0 Å². The van der Waals surface area contributed by atoms with Crippen LogP contribution in [0.5, 0.6) is 0 Å². The largest absolute Gasteiger partial charge is 0.298 e. The second-order valence-corrected chi connectivity index (χ2v) is 3.98. The Morgan fingerprint density at radius 2 is 2.08 bits per heavy atom. The van der Waals surface area contributed by atoms with E-state index in [1.165, 1.54) is 12.1 Å². The van der Waals surface area contributed by atoms with E-state index in [4.69, 9.17) is 0 Å². The number of carbonyl (C=O) groups is 1. The molecule has 0 amide bonds. The summed E-state index contributed by atoms with van der Waals surface area (Å²) >= 11 is 0. The highest BCUT2D eigenvalue weighted by Crippen LogP contribution is 2.54. The molecule has 0 bridgehead atoms. The molecule has 0 atom stereocenters. The van der Waals surface area contributed by atoms with Gasteiger partial charge in [0.05, 0.1) is 5.41 Å². The molecule has 3 rings (SSSR count). The third-order valence-corrected chi connectivity index (χ3v) is 3.22. The molecule has 0 radical (unpaired) electrons. The predicted octanol–water partition coefficient (Wildman–Crippen LogP) is 1.98. The molecule has 1 spiro atoms. The van der Waals surface area contributed by atoms with Gasteiger partial charge < -0.3 is 0 Å². The van der Waals surface area contributed by atoms with Crippen molar-refractivity contribution in [2.45, 2.75) is 24.7 Å². The number of hydrogen-bond acceptors (Lipinski definition) is 1. The topological polar surface area (TPSA) is 17.1 Å². The quantitative estimate of drug-likeness (QED) is 0.590. The number of ketones is 1. The minimum atomic E-state index is -0.232. The zero-order chi connectivity index (χ0) is 9.05. The van der Waals surface area contributed by atoms with Gasteiger partial charge in [-0.3, -0.25) is 4.79 Å². The lowest BCUT2D eigenvalue weighted by molar-refractivity contribution is -0.119. The van der Waals surface area contributed by atoms with Crippen LogP contribution in [0.2, 0.25) is 0 Å². The van der Waals surface area contributed by atoms with Crippen LogP contribution in [0.1, 0.15) is 24.0 Å². The molecule has 2 aliphatic carbocycles. The number of carbonyl (C=O) groups excluding carboxylic acids is 1. The first-order valence-corrected chi connectivity index (χ1v) is 4.55. The van der Waals surface area contributed by atoms with Crippen molar-refractivity contribution in [3.8, 4) is 0 Å². The van der Waals surface area contributed by atoms with Gasteiger partial charge in [0.1, 0.15) is 11.6 Å². The molecule has 0 aromatic heterocycles. The van der Waals surface area contributed by atoms with Crippen LogP contribution in [0.3, 0.4) is 0 Å². The van der Waals surface area contributed by atoms with E-state index >= 15 is 0 Å². The number of fused-ring (bicyclic) bond motifs is 2. The average molecular weight is 176 g/mol. The average Bonchev–Trinajstić information content (AvgIpc) is 2.80. The maximum atomic E-state index is 12.8. The first-order chi connectivity index (χ1) is 6.22. The molecule has 0 aliphatic heterocycles. The SMILES string of the molecule is O=C1Cc2cc(F)ccc2C12CC2. The molecule has 1 aromatic rings. The van der Waals surface area contributed by atoms with E-state index in [9.17, 15) is 9.18 Å². The molecule has 1 nitrogen and oxygen atoms in total.